The zero-order valence-electron chi connectivity index (χ0n) is 16.3. The molecule has 0 aromatic carbocycles. The highest BCUT2D eigenvalue weighted by Gasteiger charge is 2.46. The molecule has 9 nitrogen and oxygen atoms in total. The topological polar surface area (TPSA) is 129 Å². The fourth-order valence-corrected chi connectivity index (χ4v) is 3.96. The zero-order chi connectivity index (χ0) is 20.5. The molecule has 0 aromatic heterocycles. The monoisotopic (exact) mass is 410 g/mol. The summed E-state index contributed by atoms with van der Waals surface area (Å²) < 4.78 is 52.5. The third-order valence-corrected chi connectivity index (χ3v) is 6.59. The summed E-state index contributed by atoms with van der Waals surface area (Å²) in [6.45, 7) is 9.74. The van der Waals surface area contributed by atoms with E-state index in [2.05, 4.69) is 4.18 Å². The van der Waals surface area contributed by atoms with Crippen molar-refractivity contribution in [3.05, 3.63) is 0 Å². The minimum absolute atomic E-state index is 0.0455. The molecular weight excluding hydrogens is 380 g/mol. The van der Waals surface area contributed by atoms with Gasteiger partial charge >= 0.3 is 16.4 Å². The van der Waals surface area contributed by atoms with Gasteiger partial charge in [-0.25, -0.2) is 8.98 Å². The maximum Gasteiger partial charge on any atom is 0.397 e. The molecule has 0 spiro atoms. The fraction of sp³-hybridized carbons (Fsp3) is 0.941. The number of rotatable bonds is 6. The molecule has 158 valence electrons. The summed E-state index contributed by atoms with van der Waals surface area (Å²) in [5, 5.41) is 9.47. The summed E-state index contributed by atoms with van der Waals surface area (Å²) in [6.07, 6.45) is -3.14. The number of aliphatic carboxylic acids is 1. The molecule has 2 heterocycles. The van der Waals surface area contributed by atoms with Crippen molar-refractivity contribution in [3.63, 3.8) is 0 Å². The van der Waals surface area contributed by atoms with Crippen molar-refractivity contribution in [2.75, 3.05) is 13.2 Å². The number of hydrogen-bond donors (Lipinski definition) is 2. The lowest BCUT2D eigenvalue weighted by Gasteiger charge is -2.46. The number of hydrogen-bond acceptors (Lipinski definition) is 7. The quantitative estimate of drug-likeness (QED) is 0.627. The number of carboxylic acid groups (broad SMARTS) is 1. The van der Waals surface area contributed by atoms with Crippen LogP contribution in [0, 0.1) is 29.6 Å². The second-order valence-corrected chi connectivity index (χ2v) is 8.95. The van der Waals surface area contributed by atoms with Crippen LogP contribution in [0.25, 0.3) is 0 Å². The highest BCUT2D eigenvalue weighted by atomic mass is 32.3. The third-order valence-electron chi connectivity index (χ3n) is 6.15. The minimum Gasteiger partial charge on any atom is -0.479 e. The van der Waals surface area contributed by atoms with Crippen LogP contribution in [0.1, 0.15) is 34.6 Å². The normalized spacial score (nSPS) is 43.4. The fourth-order valence-electron chi connectivity index (χ4n) is 3.65. The van der Waals surface area contributed by atoms with E-state index in [1.165, 1.54) is 0 Å². The third kappa shape index (κ3) is 5.39. The lowest BCUT2D eigenvalue weighted by atomic mass is 9.79. The van der Waals surface area contributed by atoms with E-state index in [-0.39, 0.29) is 36.2 Å². The van der Waals surface area contributed by atoms with Crippen molar-refractivity contribution in [1.29, 1.82) is 0 Å². The number of carboxylic acids is 1. The maximum absolute atomic E-state index is 11.6. The molecule has 2 aliphatic rings. The first-order valence-electron chi connectivity index (χ1n) is 9.19. The second-order valence-electron chi connectivity index (χ2n) is 7.86. The van der Waals surface area contributed by atoms with E-state index in [9.17, 15) is 18.3 Å². The van der Waals surface area contributed by atoms with Crippen molar-refractivity contribution < 1.29 is 41.3 Å². The van der Waals surface area contributed by atoms with Gasteiger partial charge in [0, 0.05) is 5.92 Å². The Labute approximate surface area is 160 Å². The van der Waals surface area contributed by atoms with Crippen molar-refractivity contribution in [3.8, 4) is 0 Å². The molecule has 0 aliphatic carbocycles. The molecular formula is C17H30O9S. The molecule has 9 atom stereocenters. The van der Waals surface area contributed by atoms with Crippen molar-refractivity contribution in [2.45, 2.75) is 59.2 Å². The molecule has 2 rings (SSSR count). The predicted octanol–water partition coefficient (Wildman–Crippen LogP) is 1.58. The Morgan fingerprint density at radius 1 is 1.07 bits per heavy atom. The van der Waals surface area contributed by atoms with Gasteiger partial charge in [-0.15, -0.1) is 0 Å². The average Bonchev–Trinajstić information content (AvgIpc) is 2.57. The molecule has 2 aliphatic heterocycles. The summed E-state index contributed by atoms with van der Waals surface area (Å²) in [4.78, 5) is 11.6. The lowest BCUT2D eigenvalue weighted by Crippen LogP contribution is -2.55. The van der Waals surface area contributed by atoms with Crippen LogP contribution in [-0.2, 0) is 33.6 Å². The number of ether oxygens (including phenoxy) is 3. The molecule has 10 heteroatoms. The Kier molecular flexibility index (Phi) is 7.26. The van der Waals surface area contributed by atoms with Crippen molar-refractivity contribution in [1.82, 2.24) is 0 Å². The average molecular weight is 410 g/mol. The molecule has 2 saturated heterocycles. The van der Waals surface area contributed by atoms with Crippen LogP contribution in [-0.4, -0.2) is 61.9 Å². The van der Waals surface area contributed by atoms with Crippen molar-refractivity contribution in [2.24, 2.45) is 29.6 Å². The highest BCUT2D eigenvalue weighted by molar-refractivity contribution is 7.80. The molecule has 0 saturated carbocycles. The van der Waals surface area contributed by atoms with E-state index >= 15 is 0 Å². The van der Waals surface area contributed by atoms with Gasteiger partial charge in [0.2, 0.25) is 0 Å². The smallest absolute Gasteiger partial charge is 0.397 e. The van der Waals surface area contributed by atoms with Gasteiger partial charge < -0.3 is 19.3 Å². The van der Waals surface area contributed by atoms with Gasteiger partial charge in [0.25, 0.3) is 0 Å². The van der Waals surface area contributed by atoms with Gasteiger partial charge in [-0.1, -0.05) is 34.6 Å². The van der Waals surface area contributed by atoms with Gasteiger partial charge in [0.1, 0.15) is 6.10 Å². The standard InChI is InChI=1S/C17H30O9S/c1-8-6-23-15(16(18)19)14(9(8)2)26-17-12(5)10(3)11(4)13(25-17)7-24-27(20,21)22/h8-15,17H,6-7H2,1-5H3,(H,18,19)(H,20,21,22)/t8?,9?,10?,11-,12?,13?,14-,15?,17+/m0/s1. The summed E-state index contributed by atoms with van der Waals surface area (Å²) >= 11 is 0. The molecule has 0 aromatic rings. The Morgan fingerprint density at radius 3 is 2.26 bits per heavy atom. The lowest BCUT2D eigenvalue weighted by molar-refractivity contribution is -0.294. The van der Waals surface area contributed by atoms with Crippen LogP contribution in [0.15, 0.2) is 0 Å². The van der Waals surface area contributed by atoms with Crippen molar-refractivity contribution >= 4 is 16.4 Å². The van der Waals surface area contributed by atoms with Crippen LogP contribution in [0.4, 0.5) is 0 Å². The van der Waals surface area contributed by atoms with Gasteiger partial charge in [-0.05, 0) is 23.7 Å². The highest BCUT2D eigenvalue weighted by Crippen LogP contribution is 2.38. The summed E-state index contributed by atoms with van der Waals surface area (Å²) in [5.74, 6) is -1.02. The van der Waals surface area contributed by atoms with E-state index < -0.39 is 41.0 Å². The molecule has 0 amide bonds. The first-order chi connectivity index (χ1) is 12.4. The van der Waals surface area contributed by atoms with E-state index in [4.69, 9.17) is 18.8 Å². The summed E-state index contributed by atoms with van der Waals surface area (Å²) in [5.41, 5.74) is 0. The summed E-state index contributed by atoms with van der Waals surface area (Å²) in [6, 6.07) is 0. The zero-order valence-corrected chi connectivity index (χ0v) is 17.1. The van der Waals surface area contributed by atoms with Crippen LogP contribution in [0.3, 0.4) is 0 Å². The van der Waals surface area contributed by atoms with Gasteiger partial charge in [0.15, 0.2) is 12.4 Å². The Morgan fingerprint density at radius 2 is 1.70 bits per heavy atom. The number of carbonyl (C=O) groups is 1. The minimum atomic E-state index is -4.58. The maximum atomic E-state index is 11.6. The Hall–Kier alpha value is -0.780. The molecule has 27 heavy (non-hydrogen) atoms. The van der Waals surface area contributed by atoms with Crippen LogP contribution in [0.5, 0.6) is 0 Å². The van der Waals surface area contributed by atoms with Gasteiger partial charge in [0.05, 0.1) is 19.3 Å². The van der Waals surface area contributed by atoms with Gasteiger partial charge in [-0.2, -0.15) is 8.42 Å². The van der Waals surface area contributed by atoms with E-state index in [1.54, 1.807) is 0 Å². The molecule has 2 fully saturated rings. The summed E-state index contributed by atoms with van der Waals surface area (Å²) in [7, 11) is -4.58. The van der Waals surface area contributed by atoms with Crippen LogP contribution < -0.4 is 0 Å². The molecule has 0 bridgehead atoms. The predicted molar refractivity (Wildman–Crippen MR) is 94.2 cm³/mol. The Balaban J connectivity index is 2.15. The first-order valence-corrected chi connectivity index (χ1v) is 10.6. The molecule has 2 N–H and O–H groups in total. The van der Waals surface area contributed by atoms with E-state index in [0.29, 0.717) is 6.61 Å². The van der Waals surface area contributed by atoms with Gasteiger partial charge in [-0.3, -0.25) is 4.55 Å². The van der Waals surface area contributed by atoms with Crippen LogP contribution >= 0.6 is 0 Å². The second kappa shape index (κ2) is 8.71. The SMILES string of the molecule is CC1COC(C(=O)O)[C@@H](O[C@H]2OC(COS(=O)(=O)O)[C@@H](C)C(C)C2C)C1C. The van der Waals surface area contributed by atoms with E-state index in [0.717, 1.165) is 0 Å². The van der Waals surface area contributed by atoms with Crippen LogP contribution in [0.2, 0.25) is 0 Å². The first kappa shape index (κ1) is 22.5. The molecule has 0 radical (unpaired) electrons. The Bertz CT molecular complexity index is 622. The van der Waals surface area contributed by atoms with E-state index in [1.807, 2.05) is 34.6 Å². The molecule has 6 unspecified atom stereocenters. The largest absolute Gasteiger partial charge is 0.479 e.